The molecule has 0 spiro atoms. The van der Waals surface area contributed by atoms with Crippen molar-refractivity contribution in [3.8, 4) is 0 Å². The second-order valence-electron chi connectivity index (χ2n) is 4.46. The molecule has 0 fully saturated rings. The van der Waals surface area contributed by atoms with Gasteiger partial charge in [0.2, 0.25) is 0 Å². The Morgan fingerprint density at radius 3 is 2.39 bits per heavy atom. The largest absolute Gasteiger partial charge is 0.466 e. The van der Waals surface area contributed by atoms with Gasteiger partial charge in [-0.25, -0.2) is 0 Å². The first-order valence-electron chi connectivity index (χ1n) is 6.02. The number of furan rings is 1. The molecule has 1 unspecified atom stereocenters. The molecule has 0 saturated carbocycles. The van der Waals surface area contributed by atoms with Crippen molar-refractivity contribution in [3.05, 3.63) is 22.6 Å². The van der Waals surface area contributed by atoms with E-state index in [0.717, 1.165) is 17.7 Å². The molecule has 0 aromatic carbocycles. The van der Waals surface area contributed by atoms with Gasteiger partial charge in [0.15, 0.2) is 0 Å². The van der Waals surface area contributed by atoms with Crippen LogP contribution >= 0.6 is 12.2 Å². The maximum Gasteiger partial charge on any atom is 0.255 e. The number of carbonyl (C=O) groups is 1. The molecular formula is C13H20N2O2S. The normalized spacial score (nSPS) is 12.2. The maximum atomic E-state index is 12.2. The summed E-state index contributed by atoms with van der Waals surface area (Å²) in [4.78, 5) is 12.6. The lowest BCUT2D eigenvalue weighted by atomic mass is 10.1. The third kappa shape index (κ3) is 3.32. The number of hydrogen-bond donors (Lipinski definition) is 2. The zero-order valence-electron chi connectivity index (χ0n) is 11.3. The van der Waals surface area contributed by atoms with Crippen molar-refractivity contribution in [1.82, 2.24) is 5.32 Å². The summed E-state index contributed by atoms with van der Waals surface area (Å²) in [5.41, 5.74) is 7.01. The number of amides is 1. The average molecular weight is 268 g/mol. The van der Waals surface area contributed by atoms with Gasteiger partial charge in [-0.3, -0.25) is 4.79 Å². The van der Waals surface area contributed by atoms with E-state index in [1.807, 2.05) is 20.8 Å². The molecule has 3 N–H and O–H groups in total. The smallest absolute Gasteiger partial charge is 0.255 e. The predicted octanol–water partition coefficient (Wildman–Crippen LogP) is 2.39. The molecule has 0 aliphatic carbocycles. The number of carbonyl (C=O) groups excluding carboxylic acids is 1. The molecular weight excluding hydrogens is 248 g/mol. The van der Waals surface area contributed by atoms with E-state index in [1.54, 1.807) is 6.92 Å². The van der Waals surface area contributed by atoms with Crippen molar-refractivity contribution < 1.29 is 9.21 Å². The van der Waals surface area contributed by atoms with Crippen molar-refractivity contribution in [2.45, 2.75) is 46.6 Å². The molecule has 1 amide bonds. The Morgan fingerprint density at radius 2 is 2.00 bits per heavy atom. The highest BCUT2D eigenvalue weighted by Crippen LogP contribution is 2.20. The highest BCUT2D eigenvalue weighted by Gasteiger charge is 2.20. The molecule has 5 heteroatoms. The van der Waals surface area contributed by atoms with E-state index in [9.17, 15) is 4.79 Å². The number of aryl methyl sites for hydroxylation is 2. The maximum absolute atomic E-state index is 12.2. The van der Waals surface area contributed by atoms with Crippen LogP contribution in [0.4, 0.5) is 0 Å². The fraction of sp³-hybridized carbons (Fsp3) is 0.538. The highest BCUT2D eigenvalue weighted by molar-refractivity contribution is 7.80. The molecule has 0 bridgehead atoms. The Labute approximate surface area is 113 Å². The van der Waals surface area contributed by atoms with E-state index in [0.29, 0.717) is 22.7 Å². The molecule has 100 valence electrons. The van der Waals surface area contributed by atoms with E-state index in [-0.39, 0.29) is 11.9 Å². The molecule has 0 aliphatic rings. The summed E-state index contributed by atoms with van der Waals surface area (Å²) in [5, 5.41) is 2.94. The molecule has 1 atom stereocenters. The zero-order valence-corrected chi connectivity index (χ0v) is 12.1. The van der Waals surface area contributed by atoms with Crippen LogP contribution in [-0.4, -0.2) is 16.9 Å². The van der Waals surface area contributed by atoms with Crippen LogP contribution in [0.1, 0.15) is 47.2 Å². The van der Waals surface area contributed by atoms with Crippen LogP contribution in [0.15, 0.2) is 4.42 Å². The molecule has 1 rings (SSSR count). The third-order valence-electron chi connectivity index (χ3n) is 3.06. The average Bonchev–Trinajstić information content (AvgIpc) is 2.51. The van der Waals surface area contributed by atoms with Crippen LogP contribution < -0.4 is 11.1 Å². The second-order valence-corrected chi connectivity index (χ2v) is 4.99. The Kier molecular flexibility index (Phi) is 4.90. The highest BCUT2D eigenvalue weighted by atomic mass is 32.1. The summed E-state index contributed by atoms with van der Waals surface area (Å²) in [6.45, 7) is 7.52. The van der Waals surface area contributed by atoms with Crippen LogP contribution in [-0.2, 0) is 0 Å². The van der Waals surface area contributed by atoms with E-state index in [4.69, 9.17) is 22.4 Å². The quantitative estimate of drug-likeness (QED) is 0.805. The SMILES string of the molecule is CCC(CC(N)=S)NC(=O)c1c(C)oc(C)c1C. The fourth-order valence-corrected chi connectivity index (χ4v) is 2.13. The molecule has 0 radical (unpaired) electrons. The van der Waals surface area contributed by atoms with Gasteiger partial charge in [-0.05, 0) is 27.2 Å². The second kappa shape index (κ2) is 6.00. The fourth-order valence-electron chi connectivity index (χ4n) is 1.93. The van der Waals surface area contributed by atoms with Gasteiger partial charge in [-0.15, -0.1) is 0 Å². The van der Waals surface area contributed by atoms with Gasteiger partial charge < -0.3 is 15.5 Å². The minimum Gasteiger partial charge on any atom is -0.466 e. The summed E-state index contributed by atoms with van der Waals surface area (Å²) in [6, 6.07) is -0.0241. The first-order chi connectivity index (χ1) is 8.36. The van der Waals surface area contributed by atoms with E-state index in [2.05, 4.69) is 5.32 Å². The Bertz CT molecular complexity index is 466. The van der Waals surface area contributed by atoms with Gasteiger partial charge in [0.1, 0.15) is 11.5 Å². The van der Waals surface area contributed by atoms with Crippen LogP contribution in [0, 0.1) is 20.8 Å². The minimum absolute atomic E-state index is 0.0241. The van der Waals surface area contributed by atoms with Crippen molar-refractivity contribution in [2.24, 2.45) is 5.73 Å². The lowest BCUT2D eigenvalue weighted by Gasteiger charge is -2.16. The minimum atomic E-state index is -0.120. The van der Waals surface area contributed by atoms with Gasteiger partial charge in [-0.1, -0.05) is 19.1 Å². The molecule has 4 nitrogen and oxygen atoms in total. The predicted molar refractivity (Wildman–Crippen MR) is 75.9 cm³/mol. The Hall–Kier alpha value is -1.36. The molecule has 1 heterocycles. The van der Waals surface area contributed by atoms with Crippen LogP contribution in [0.25, 0.3) is 0 Å². The summed E-state index contributed by atoms with van der Waals surface area (Å²) in [7, 11) is 0. The topological polar surface area (TPSA) is 68.3 Å². The van der Waals surface area contributed by atoms with Gasteiger partial charge in [0.05, 0.1) is 10.6 Å². The Morgan fingerprint density at radius 1 is 1.39 bits per heavy atom. The lowest BCUT2D eigenvalue weighted by molar-refractivity contribution is 0.0935. The molecule has 18 heavy (non-hydrogen) atoms. The van der Waals surface area contributed by atoms with Crippen LogP contribution in [0.2, 0.25) is 0 Å². The van der Waals surface area contributed by atoms with Crippen molar-refractivity contribution in [2.75, 3.05) is 0 Å². The molecule has 1 aromatic rings. The van der Waals surface area contributed by atoms with Crippen molar-refractivity contribution >= 4 is 23.1 Å². The first kappa shape index (κ1) is 14.7. The van der Waals surface area contributed by atoms with Gasteiger partial charge >= 0.3 is 0 Å². The summed E-state index contributed by atoms with van der Waals surface area (Å²) >= 11 is 4.87. The van der Waals surface area contributed by atoms with Crippen LogP contribution in [0.5, 0.6) is 0 Å². The van der Waals surface area contributed by atoms with Crippen molar-refractivity contribution in [3.63, 3.8) is 0 Å². The number of nitrogens with two attached hydrogens (primary N) is 1. The lowest BCUT2D eigenvalue weighted by Crippen LogP contribution is -2.37. The monoisotopic (exact) mass is 268 g/mol. The van der Waals surface area contributed by atoms with Crippen LogP contribution in [0.3, 0.4) is 0 Å². The first-order valence-corrected chi connectivity index (χ1v) is 6.43. The molecule has 0 saturated heterocycles. The van der Waals surface area contributed by atoms with Gasteiger partial charge in [-0.2, -0.15) is 0 Å². The molecule has 1 aromatic heterocycles. The number of nitrogens with one attached hydrogen (secondary N) is 1. The molecule has 0 aliphatic heterocycles. The third-order valence-corrected chi connectivity index (χ3v) is 3.23. The van der Waals surface area contributed by atoms with E-state index < -0.39 is 0 Å². The summed E-state index contributed by atoms with van der Waals surface area (Å²) in [5.74, 6) is 1.30. The van der Waals surface area contributed by atoms with Crippen molar-refractivity contribution in [1.29, 1.82) is 0 Å². The van der Waals surface area contributed by atoms with E-state index in [1.165, 1.54) is 0 Å². The van der Waals surface area contributed by atoms with Gasteiger partial charge in [0.25, 0.3) is 5.91 Å². The van der Waals surface area contributed by atoms with Gasteiger partial charge in [0, 0.05) is 18.0 Å². The summed E-state index contributed by atoms with van der Waals surface area (Å²) in [6.07, 6.45) is 1.31. The van der Waals surface area contributed by atoms with E-state index >= 15 is 0 Å². The Balaban J connectivity index is 2.84. The summed E-state index contributed by atoms with van der Waals surface area (Å²) < 4.78 is 5.45. The number of thiocarbonyl (C=S) groups is 1. The standard InChI is InChI=1S/C13H20N2O2S/c1-5-10(6-11(14)18)15-13(16)12-7(2)8(3)17-9(12)4/h10H,5-6H2,1-4H3,(H2,14,18)(H,15,16). The zero-order chi connectivity index (χ0) is 13.9. The number of hydrogen-bond acceptors (Lipinski definition) is 3. The number of rotatable bonds is 5.